The van der Waals surface area contributed by atoms with E-state index in [9.17, 15) is 0 Å². The molecule has 124 valence electrons. The molecule has 0 aromatic carbocycles. The Morgan fingerprint density at radius 3 is 2.83 bits per heavy atom. The second-order valence-electron chi connectivity index (χ2n) is 5.82. The largest absolute Gasteiger partial charge is 0.493 e. The van der Waals surface area contributed by atoms with E-state index in [2.05, 4.69) is 26.3 Å². The number of nitrogens with one attached hydrogen (secondary N) is 1. The normalized spacial score (nSPS) is 21.1. The molecule has 1 fully saturated rings. The van der Waals surface area contributed by atoms with Gasteiger partial charge in [0.15, 0.2) is 11.5 Å². The first-order chi connectivity index (χ1) is 11.3. The van der Waals surface area contributed by atoms with Gasteiger partial charge in [0.2, 0.25) is 0 Å². The lowest BCUT2D eigenvalue weighted by Crippen LogP contribution is -2.39. The highest BCUT2D eigenvalue weighted by atomic mass is 16.5. The average molecular weight is 316 g/mol. The van der Waals surface area contributed by atoms with E-state index in [4.69, 9.17) is 9.47 Å². The van der Waals surface area contributed by atoms with Gasteiger partial charge in [-0.15, -0.1) is 0 Å². The Labute approximate surface area is 136 Å². The molecular weight excluding hydrogens is 292 g/mol. The zero-order valence-electron chi connectivity index (χ0n) is 13.7. The molecule has 2 aromatic rings. The Hall–Kier alpha value is -2.08. The number of hydrogen-bond donors (Lipinski definition) is 1. The zero-order valence-corrected chi connectivity index (χ0v) is 13.7. The number of hydrogen-bond acceptors (Lipinski definition) is 5. The van der Waals surface area contributed by atoms with Gasteiger partial charge < -0.3 is 14.8 Å². The second kappa shape index (κ2) is 7.46. The van der Waals surface area contributed by atoms with E-state index in [0.717, 1.165) is 18.5 Å². The molecule has 0 unspecified atom stereocenters. The number of methoxy groups -OCH3 is 2. The van der Waals surface area contributed by atoms with E-state index in [1.54, 1.807) is 20.4 Å². The first kappa shape index (κ1) is 15.8. The number of ether oxygens (including phenoxy) is 2. The first-order valence-corrected chi connectivity index (χ1v) is 8.12. The third kappa shape index (κ3) is 3.47. The van der Waals surface area contributed by atoms with E-state index >= 15 is 0 Å². The van der Waals surface area contributed by atoms with Gasteiger partial charge in [-0.2, -0.15) is 5.10 Å². The summed E-state index contributed by atoms with van der Waals surface area (Å²) in [6.45, 7) is 0.656. The summed E-state index contributed by atoms with van der Waals surface area (Å²) in [5.41, 5.74) is 0.872. The van der Waals surface area contributed by atoms with Gasteiger partial charge in [-0.25, -0.2) is 0 Å². The van der Waals surface area contributed by atoms with Crippen LogP contribution in [0.2, 0.25) is 0 Å². The lowest BCUT2D eigenvalue weighted by Gasteiger charge is -2.32. The van der Waals surface area contributed by atoms with Gasteiger partial charge in [0, 0.05) is 37.2 Å². The summed E-state index contributed by atoms with van der Waals surface area (Å²) >= 11 is 0. The van der Waals surface area contributed by atoms with E-state index in [0.29, 0.717) is 30.1 Å². The van der Waals surface area contributed by atoms with Crippen LogP contribution in [0.25, 0.3) is 0 Å². The van der Waals surface area contributed by atoms with Crippen molar-refractivity contribution in [3.05, 3.63) is 36.4 Å². The molecule has 0 spiro atoms. The summed E-state index contributed by atoms with van der Waals surface area (Å²) in [6, 6.07) is 4.59. The smallest absolute Gasteiger partial charge is 0.183 e. The average Bonchev–Trinajstić information content (AvgIpc) is 3.14. The van der Waals surface area contributed by atoms with Crippen molar-refractivity contribution in [2.45, 2.75) is 44.3 Å². The van der Waals surface area contributed by atoms with Crippen molar-refractivity contribution in [2.75, 3.05) is 14.2 Å². The van der Waals surface area contributed by atoms with Crippen molar-refractivity contribution < 1.29 is 9.47 Å². The Morgan fingerprint density at radius 2 is 2.09 bits per heavy atom. The van der Waals surface area contributed by atoms with Crippen LogP contribution >= 0.6 is 0 Å². The molecule has 6 heteroatoms. The van der Waals surface area contributed by atoms with Crippen molar-refractivity contribution >= 4 is 0 Å². The van der Waals surface area contributed by atoms with Crippen LogP contribution in [-0.2, 0) is 6.54 Å². The fraction of sp³-hybridized carbons (Fsp3) is 0.529. The summed E-state index contributed by atoms with van der Waals surface area (Å²) in [5.74, 6) is 1.42. The number of rotatable bonds is 6. The van der Waals surface area contributed by atoms with Crippen LogP contribution in [0.1, 0.15) is 37.4 Å². The van der Waals surface area contributed by atoms with E-state index in [-0.39, 0.29) is 0 Å². The lowest BCUT2D eigenvalue weighted by atomic mass is 9.90. The van der Waals surface area contributed by atoms with Crippen LogP contribution in [0, 0.1) is 0 Å². The molecule has 23 heavy (non-hydrogen) atoms. The third-order valence-electron chi connectivity index (χ3n) is 4.49. The molecule has 0 bridgehead atoms. The molecule has 0 amide bonds. The van der Waals surface area contributed by atoms with Gasteiger partial charge in [-0.1, -0.05) is 12.8 Å². The van der Waals surface area contributed by atoms with E-state index < -0.39 is 0 Å². The number of pyridine rings is 1. The van der Waals surface area contributed by atoms with Gasteiger partial charge in [0.05, 0.1) is 26.0 Å². The summed E-state index contributed by atoms with van der Waals surface area (Å²) in [7, 11) is 3.29. The molecule has 0 radical (unpaired) electrons. The fourth-order valence-electron chi connectivity index (χ4n) is 3.35. The van der Waals surface area contributed by atoms with Gasteiger partial charge >= 0.3 is 0 Å². The fourth-order valence-corrected chi connectivity index (χ4v) is 3.35. The van der Waals surface area contributed by atoms with Crippen LogP contribution in [-0.4, -0.2) is 35.0 Å². The Morgan fingerprint density at radius 1 is 1.22 bits per heavy atom. The zero-order chi connectivity index (χ0) is 16.1. The SMILES string of the molecule is COc1ccnc(CN[C@H]2CCCC[C@@H]2n2cccn2)c1OC. The topological polar surface area (TPSA) is 61.2 Å². The molecular formula is C17H24N4O2. The van der Waals surface area contributed by atoms with Crippen LogP contribution < -0.4 is 14.8 Å². The van der Waals surface area contributed by atoms with Gasteiger partial charge in [0.25, 0.3) is 0 Å². The maximum atomic E-state index is 5.46. The molecule has 2 heterocycles. The number of aromatic nitrogens is 3. The van der Waals surface area contributed by atoms with E-state index in [1.807, 2.05) is 18.3 Å². The maximum Gasteiger partial charge on any atom is 0.183 e. The maximum absolute atomic E-state index is 5.46. The van der Waals surface area contributed by atoms with Crippen LogP contribution in [0.5, 0.6) is 11.5 Å². The summed E-state index contributed by atoms with van der Waals surface area (Å²) < 4.78 is 12.9. The molecule has 0 saturated heterocycles. The Kier molecular flexibility index (Phi) is 5.12. The Balaban J connectivity index is 1.71. The quantitative estimate of drug-likeness (QED) is 0.887. The summed E-state index contributed by atoms with van der Waals surface area (Å²) in [4.78, 5) is 4.44. The van der Waals surface area contributed by atoms with Crippen molar-refractivity contribution in [3.63, 3.8) is 0 Å². The monoisotopic (exact) mass is 316 g/mol. The molecule has 6 nitrogen and oxygen atoms in total. The highest BCUT2D eigenvalue weighted by molar-refractivity contribution is 5.42. The third-order valence-corrected chi connectivity index (χ3v) is 4.49. The minimum absolute atomic E-state index is 0.390. The van der Waals surface area contributed by atoms with Gasteiger partial charge in [-0.05, 0) is 18.9 Å². The van der Waals surface area contributed by atoms with Crippen LogP contribution in [0.15, 0.2) is 30.7 Å². The highest BCUT2D eigenvalue weighted by Gasteiger charge is 2.27. The number of nitrogens with zero attached hydrogens (tertiary/aromatic N) is 3. The van der Waals surface area contributed by atoms with Gasteiger partial charge in [-0.3, -0.25) is 9.67 Å². The van der Waals surface area contributed by atoms with Crippen LogP contribution in [0.4, 0.5) is 0 Å². The van der Waals surface area contributed by atoms with Gasteiger partial charge in [0.1, 0.15) is 0 Å². The highest BCUT2D eigenvalue weighted by Crippen LogP contribution is 2.31. The van der Waals surface area contributed by atoms with Crippen molar-refractivity contribution in [3.8, 4) is 11.5 Å². The van der Waals surface area contributed by atoms with Crippen molar-refractivity contribution in [1.29, 1.82) is 0 Å². The Bertz CT molecular complexity index is 615. The summed E-state index contributed by atoms with van der Waals surface area (Å²) in [6.07, 6.45) is 10.5. The molecule has 1 N–H and O–H groups in total. The minimum atomic E-state index is 0.390. The standard InChI is InChI=1S/C17H24N4O2/c1-22-16-8-10-18-14(17(16)23-2)12-19-13-6-3-4-7-15(13)21-11-5-9-20-21/h5,8-11,13,15,19H,3-4,6-7,12H2,1-2H3/t13-,15-/m0/s1. The predicted octanol–water partition coefficient (Wildman–Crippen LogP) is 2.57. The second-order valence-corrected chi connectivity index (χ2v) is 5.82. The van der Waals surface area contributed by atoms with Crippen LogP contribution in [0.3, 0.4) is 0 Å². The molecule has 1 aliphatic carbocycles. The van der Waals surface area contributed by atoms with E-state index in [1.165, 1.54) is 12.8 Å². The first-order valence-electron chi connectivity index (χ1n) is 8.12. The molecule has 1 aliphatic rings. The lowest BCUT2D eigenvalue weighted by molar-refractivity contribution is 0.244. The van der Waals surface area contributed by atoms with Crippen molar-refractivity contribution in [1.82, 2.24) is 20.1 Å². The minimum Gasteiger partial charge on any atom is -0.493 e. The molecule has 2 aromatic heterocycles. The molecule has 0 aliphatic heterocycles. The molecule has 2 atom stereocenters. The molecule has 3 rings (SSSR count). The summed E-state index contributed by atoms with van der Waals surface area (Å²) in [5, 5.41) is 8.07. The van der Waals surface area contributed by atoms with Crippen molar-refractivity contribution in [2.24, 2.45) is 0 Å². The molecule has 1 saturated carbocycles. The predicted molar refractivity (Wildman–Crippen MR) is 87.7 cm³/mol.